The van der Waals surface area contributed by atoms with Crippen LogP contribution < -0.4 is 10.0 Å². The number of para-hydroxylation sites is 2. The van der Waals surface area contributed by atoms with Gasteiger partial charge in [0, 0.05) is 5.69 Å². The number of phenolic OH excluding ortho intramolecular Hbond substituents is 1. The maximum Gasteiger partial charge on any atom is 0.265 e. The third kappa shape index (κ3) is 4.27. The Kier molecular flexibility index (Phi) is 5.14. The Hall–Kier alpha value is -3.32. The van der Waals surface area contributed by atoms with Crippen molar-refractivity contribution >= 4 is 27.3 Å². The Morgan fingerprint density at radius 3 is 2.33 bits per heavy atom. The van der Waals surface area contributed by atoms with Crippen LogP contribution in [0, 0.1) is 6.92 Å². The van der Waals surface area contributed by atoms with Gasteiger partial charge in [0.2, 0.25) is 0 Å². The van der Waals surface area contributed by atoms with E-state index in [0.29, 0.717) is 11.3 Å². The first-order chi connectivity index (χ1) is 12.9. The summed E-state index contributed by atoms with van der Waals surface area (Å²) in [5.41, 5.74) is 1.56. The quantitative estimate of drug-likeness (QED) is 0.626. The van der Waals surface area contributed by atoms with Gasteiger partial charge >= 0.3 is 0 Å². The van der Waals surface area contributed by atoms with Crippen LogP contribution >= 0.6 is 0 Å². The maximum absolute atomic E-state index is 12.7. The molecule has 138 valence electrons. The first-order valence-corrected chi connectivity index (χ1v) is 9.63. The number of amides is 1. The van der Waals surface area contributed by atoms with Crippen LogP contribution in [0.2, 0.25) is 0 Å². The molecule has 0 aliphatic heterocycles. The highest BCUT2D eigenvalue weighted by Crippen LogP contribution is 2.27. The monoisotopic (exact) mass is 382 g/mol. The van der Waals surface area contributed by atoms with Gasteiger partial charge in [0.1, 0.15) is 10.6 Å². The van der Waals surface area contributed by atoms with E-state index in [4.69, 9.17) is 0 Å². The molecule has 27 heavy (non-hydrogen) atoms. The molecule has 3 N–H and O–H groups in total. The summed E-state index contributed by atoms with van der Waals surface area (Å²) in [4.78, 5) is 12.3. The molecule has 6 nitrogen and oxygen atoms in total. The molecule has 0 bridgehead atoms. The summed E-state index contributed by atoms with van der Waals surface area (Å²) in [5, 5.41) is 12.6. The summed E-state index contributed by atoms with van der Waals surface area (Å²) < 4.78 is 27.8. The Bertz CT molecular complexity index is 1080. The van der Waals surface area contributed by atoms with Crippen molar-refractivity contribution in [3.05, 3.63) is 83.9 Å². The van der Waals surface area contributed by atoms with Gasteiger partial charge in [-0.25, -0.2) is 8.42 Å². The third-order valence-electron chi connectivity index (χ3n) is 3.85. The molecular weight excluding hydrogens is 364 g/mol. The first-order valence-electron chi connectivity index (χ1n) is 8.15. The van der Waals surface area contributed by atoms with Gasteiger partial charge in [-0.1, -0.05) is 36.4 Å². The number of carbonyl (C=O) groups excluding carboxylic acids is 1. The van der Waals surface area contributed by atoms with Crippen molar-refractivity contribution in [2.75, 3.05) is 10.0 Å². The summed E-state index contributed by atoms with van der Waals surface area (Å²) in [6, 6.07) is 19.4. The molecule has 0 saturated heterocycles. The van der Waals surface area contributed by atoms with E-state index in [-0.39, 0.29) is 21.9 Å². The molecule has 0 aliphatic carbocycles. The van der Waals surface area contributed by atoms with E-state index in [1.54, 1.807) is 49.4 Å². The SMILES string of the molecule is Cc1ccc(O)c(S(=O)(=O)Nc2ccccc2C(=O)Nc2ccccc2)c1. The standard InChI is InChI=1S/C20H18N2O4S/c1-14-11-12-18(23)19(13-14)27(25,26)22-17-10-6-5-9-16(17)20(24)21-15-7-3-2-4-8-15/h2-13,22-23H,1H3,(H,21,24). The fourth-order valence-corrected chi connectivity index (χ4v) is 3.79. The number of hydrogen-bond donors (Lipinski definition) is 3. The molecule has 3 rings (SSSR count). The van der Waals surface area contributed by atoms with Gasteiger partial charge in [-0.3, -0.25) is 9.52 Å². The number of benzene rings is 3. The second kappa shape index (κ2) is 7.51. The smallest absolute Gasteiger partial charge is 0.265 e. The maximum atomic E-state index is 12.7. The van der Waals surface area contributed by atoms with Crippen molar-refractivity contribution in [3.63, 3.8) is 0 Å². The fourth-order valence-electron chi connectivity index (χ4n) is 2.53. The zero-order valence-electron chi connectivity index (χ0n) is 14.5. The second-order valence-corrected chi connectivity index (χ2v) is 7.59. The van der Waals surface area contributed by atoms with E-state index < -0.39 is 15.9 Å². The highest BCUT2D eigenvalue weighted by Gasteiger charge is 2.21. The molecule has 0 aromatic heterocycles. The number of hydrogen-bond acceptors (Lipinski definition) is 4. The molecule has 1 amide bonds. The summed E-state index contributed by atoms with van der Waals surface area (Å²) in [7, 11) is -4.08. The van der Waals surface area contributed by atoms with Crippen LogP contribution in [-0.4, -0.2) is 19.4 Å². The van der Waals surface area contributed by atoms with Crippen molar-refractivity contribution in [2.24, 2.45) is 0 Å². The van der Waals surface area contributed by atoms with E-state index in [0.717, 1.165) is 0 Å². The minimum atomic E-state index is -4.08. The Morgan fingerprint density at radius 2 is 1.59 bits per heavy atom. The number of carbonyl (C=O) groups is 1. The topological polar surface area (TPSA) is 95.5 Å². The zero-order chi connectivity index (χ0) is 19.4. The van der Waals surface area contributed by atoms with Crippen molar-refractivity contribution in [3.8, 4) is 5.75 Å². The van der Waals surface area contributed by atoms with Crippen molar-refractivity contribution in [1.82, 2.24) is 0 Å². The number of aryl methyl sites for hydroxylation is 1. The Labute approximate surface area is 157 Å². The summed E-state index contributed by atoms with van der Waals surface area (Å²) in [6.07, 6.45) is 0. The highest BCUT2D eigenvalue weighted by atomic mass is 32.2. The molecule has 0 aliphatic rings. The zero-order valence-corrected chi connectivity index (χ0v) is 15.3. The molecule has 0 spiro atoms. The lowest BCUT2D eigenvalue weighted by atomic mass is 10.1. The van der Waals surface area contributed by atoms with Crippen LogP contribution in [0.5, 0.6) is 5.75 Å². The minimum Gasteiger partial charge on any atom is -0.507 e. The van der Waals surface area contributed by atoms with Crippen LogP contribution in [0.1, 0.15) is 15.9 Å². The van der Waals surface area contributed by atoms with E-state index in [2.05, 4.69) is 10.0 Å². The molecule has 0 fully saturated rings. The van der Waals surface area contributed by atoms with Gasteiger partial charge in [0.15, 0.2) is 0 Å². The Balaban J connectivity index is 1.92. The predicted octanol–water partition coefficient (Wildman–Crippen LogP) is 3.75. The molecule has 7 heteroatoms. The lowest BCUT2D eigenvalue weighted by molar-refractivity contribution is 0.102. The van der Waals surface area contributed by atoms with Crippen molar-refractivity contribution < 1.29 is 18.3 Å². The molecule has 0 radical (unpaired) electrons. The highest BCUT2D eigenvalue weighted by molar-refractivity contribution is 7.92. The van der Waals surface area contributed by atoms with Gasteiger partial charge in [-0.15, -0.1) is 0 Å². The number of nitrogens with one attached hydrogen (secondary N) is 2. The van der Waals surface area contributed by atoms with Gasteiger partial charge in [-0.2, -0.15) is 0 Å². The summed E-state index contributed by atoms with van der Waals surface area (Å²) in [6.45, 7) is 1.72. The van der Waals surface area contributed by atoms with E-state index in [1.807, 2.05) is 6.07 Å². The van der Waals surface area contributed by atoms with Gasteiger partial charge in [0.05, 0.1) is 11.3 Å². The van der Waals surface area contributed by atoms with Crippen LogP contribution in [0.4, 0.5) is 11.4 Å². The summed E-state index contributed by atoms with van der Waals surface area (Å²) in [5.74, 6) is -0.813. The van der Waals surface area contributed by atoms with Gasteiger partial charge in [-0.05, 0) is 48.9 Å². The van der Waals surface area contributed by atoms with Crippen molar-refractivity contribution in [1.29, 1.82) is 0 Å². The van der Waals surface area contributed by atoms with Crippen LogP contribution in [0.3, 0.4) is 0 Å². The van der Waals surface area contributed by atoms with Crippen LogP contribution in [-0.2, 0) is 10.0 Å². The number of phenols is 1. The van der Waals surface area contributed by atoms with E-state index >= 15 is 0 Å². The number of sulfonamides is 1. The number of anilines is 2. The van der Waals surface area contributed by atoms with E-state index in [1.165, 1.54) is 24.3 Å². The average molecular weight is 382 g/mol. The Morgan fingerprint density at radius 1 is 0.926 bits per heavy atom. The first kappa shape index (κ1) is 18.5. The fraction of sp³-hybridized carbons (Fsp3) is 0.0500. The average Bonchev–Trinajstić information content (AvgIpc) is 2.64. The van der Waals surface area contributed by atoms with Gasteiger partial charge < -0.3 is 10.4 Å². The number of aromatic hydroxyl groups is 1. The second-order valence-electron chi connectivity index (χ2n) is 5.94. The van der Waals surface area contributed by atoms with Crippen molar-refractivity contribution in [2.45, 2.75) is 11.8 Å². The molecule has 0 heterocycles. The third-order valence-corrected chi connectivity index (χ3v) is 5.25. The predicted molar refractivity (Wildman–Crippen MR) is 104 cm³/mol. The molecule has 0 atom stereocenters. The summed E-state index contributed by atoms with van der Waals surface area (Å²) >= 11 is 0. The van der Waals surface area contributed by atoms with Crippen LogP contribution in [0.15, 0.2) is 77.7 Å². The molecule has 3 aromatic carbocycles. The lowest BCUT2D eigenvalue weighted by Crippen LogP contribution is -2.18. The normalized spacial score (nSPS) is 11.0. The molecule has 3 aromatic rings. The largest absolute Gasteiger partial charge is 0.507 e. The molecule has 0 unspecified atom stereocenters. The minimum absolute atomic E-state index is 0.117. The van der Waals surface area contributed by atoms with E-state index in [9.17, 15) is 18.3 Å². The number of rotatable bonds is 5. The molecular formula is C20H18N2O4S. The van der Waals surface area contributed by atoms with Gasteiger partial charge in [0.25, 0.3) is 15.9 Å². The molecule has 0 saturated carbocycles. The van der Waals surface area contributed by atoms with Crippen LogP contribution in [0.25, 0.3) is 0 Å². The lowest BCUT2D eigenvalue weighted by Gasteiger charge is -2.14.